The fourth-order valence-corrected chi connectivity index (χ4v) is 4.10. The Balaban J connectivity index is 3.75. The molecule has 0 atom stereocenters. The maximum atomic E-state index is 5.96. The van der Waals surface area contributed by atoms with Gasteiger partial charge in [0.05, 0.1) is 0 Å². The van der Waals surface area contributed by atoms with Crippen molar-refractivity contribution in [2.75, 3.05) is 0 Å². The molecule has 0 bridgehead atoms. The Hall–Kier alpha value is 0.177. The molecular weight excluding hydrogens is 126 g/mol. The van der Waals surface area contributed by atoms with Gasteiger partial charge in [-0.25, -0.2) is 0 Å². The minimum atomic E-state index is -1.29. The maximum Gasteiger partial charge on any atom is 0.117 e. The minimum absolute atomic E-state index is 0.421. The van der Waals surface area contributed by atoms with E-state index in [1.165, 1.54) is 6.04 Å². The van der Waals surface area contributed by atoms with Gasteiger partial charge in [-0.2, -0.15) is 0 Å². The van der Waals surface area contributed by atoms with Crippen molar-refractivity contribution in [3.8, 4) is 0 Å². The number of hydrogen-bond acceptors (Lipinski definition) is 1. The molecule has 0 amide bonds. The van der Waals surface area contributed by atoms with E-state index in [0.717, 1.165) is 0 Å². The van der Waals surface area contributed by atoms with E-state index in [9.17, 15) is 0 Å². The van der Waals surface area contributed by atoms with Gasteiger partial charge >= 0.3 is 0 Å². The normalized spacial score (nSPS) is 14.0. The van der Waals surface area contributed by atoms with Crippen molar-refractivity contribution >= 4 is 8.24 Å². The van der Waals surface area contributed by atoms with Crippen molar-refractivity contribution in [3.05, 3.63) is 0 Å². The summed E-state index contributed by atoms with van der Waals surface area (Å²) in [5.74, 6) is 0. The third-order valence-electron chi connectivity index (χ3n) is 0.986. The van der Waals surface area contributed by atoms with E-state index in [1.807, 2.05) is 0 Å². The van der Waals surface area contributed by atoms with Gasteiger partial charge in [-0.1, -0.05) is 33.9 Å². The molecule has 0 fully saturated rings. The molecule has 0 aromatic carbocycles. The molecule has 0 spiro atoms. The van der Waals surface area contributed by atoms with Crippen LogP contribution in [0.25, 0.3) is 0 Å². The molecule has 0 aliphatic carbocycles. The van der Waals surface area contributed by atoms with Gasteiger partial charge in [0.1, 0.15) is 8.24 Å². The summed E-state index contributed by atoms with van der Waals surface area (Å²) in [5.41, 5.74) is 0.421. The standard InChI is InChI=1S/C7H19NSi/c1-7(2,3)6-9(4,5)8/h6,8H2,1-5H3. The first-order valence-electron chi connectivity index (χ1n) is 3.50. The topological polar surface area (TPSA) is 26.0 Å². The first-order valence-corrected chi connectivity index (χ1v) is 6.78. The van der Waals surface area contributed by atoms with E-state index in [1.54, 1.807) is 0 Å². The Morgan fingerprint density at radius 2 is 1.56 bits per heavy atom. The fourth-order valence-electron chi connectivity index (χ4n) is 1.37. The minimum Gasteiger partial charge on any atom is -0.351 e. The van der Waals surface area contributed by atoms with Crippen LogP contribution in [-0.2, 0) is 0 Å². The molecule has 0 aliphatic heterocycles. The van der Waals surface area contributed by atoms with E-state index in [0.29, 0.717) is 5.41 Å². The van der Waals surface area contributed by atoms with E-state index >= 15 is 0 Å². The van der Waals surface area contributed by atoms with Crippen LogP contribution >= 0.6 is 0 Å². The van der Waals surface area contributed by atoms with Crippen LogP contribution in [0.15, 0.2) is 0 Å². The molecule has 0 saturated heterocycles. The van der Waals surface area contributed by atoms with Crippen LogP contribution in [0.3, 0.4) is 0 Å². The molecule has 0 heterocycles. The second kappa shape index (κ2) is 2.43. The molecule has 2 heteroatoms. The van der Waals surface area contributed by atoms with Crippen LogP contribution < -0.4 is 5.40 Å². The zero-order valence-corrected chi connectivity index (χ0v) is 8.28. The molecule has 0 aromatic heterocycles. The summed E-state index contributed by atoms with van der Waals surface area (Å²) < 4.78 is 0. The molecule has 0 aliphatic rings. The zero-order valence-electron chi connectivity index (χ0n) is 7.28. The average molecular weight is 145 g/mol. The van der Waals surface area contributed by atoms with Crippen molar-refractivity contribution in [2.24, 2.45) is 10.8 Å². The lowest BCUT2D eigenvalue weighted by molar-refractivity contribution is 0.460. The second-order valence-electron chi connectivity index (χ2n) is 4.73. The van der Waals surface area contributed by atoms with Crippen LogP contribution in [0.5, 0.6) is 0 Å². The summed E-state index contributed by atoms with van der Waals surface area (Å²) in [6, 6.07) is 1.21. The molecule has 0 radical (unpaired) electrons. The van der Waals surface area contributed by atoms with Gasteiger partial charge in [-0.05, 0) is 11.5 Å². The Morgan fingerprint density at radius 1 is 1.22 bits per heavy atom. The smallest absolute Gasteiger partial charge is 0.117 e. The van der Waals surface area contributed by atoms with Gasteiger partial charge < -0.3 is 5.40 Å². The van der Waals surface area contributed by atoms with Crippen LogP contribution in [0.1, 0.15) is 20.8 Å². The van der Waals surface area contributed by atoms with Crippen molar-refractivity contribution in [3.63, 3.8) is 0 Å². The van der Waals surface area contributed by atoms with Crippen LogP contribution in [0.4, 0.5) is 0 Å². The number of nitrogens with two attached hydrogens (primary N) is 1. The highest BCUT2D eigenvalue weighted by atomic mass is 28.3. The average Bonchev–Trinajstić information content (AvgIpc) is 1.14. The van der Waals surface area contributed by atoms with E-state index < -0.39 is 8.24 Å². The molecule has 0 unspecified atom stereocenters. The third kappa shape index (κ3) is 8.18. The molecule has 9 heavy (non-hydrogen) atoms. The number of hydrogen-bond donors (Lipinski definition) is 1. The third-order valence-corrected chi connectivity index (χ3v) is 2.96. The maximum absolute atomic E-state index is 5.96. The molecule has 0 rings (SSSR count). The largest absolute Gasteiger partial charge is 0.351 e. The highest BCUT2D eigenvalue weighted by molar-refractivity contribution is 6.74. The Morgan fingerprint density at radius 3 is 1.56 bits per heavy atom. The summed E-state index contributed by atoms with van der Waals surface area (Å²) in [6.07, 6.45) is 0. The van der Waals surface area contributed by atoms with Crippen molar-refractivity contribution in [1.82, 2.24) is 0 Å². The van der Waals surface area contributed by atoms with E-state index in [2.05, 4.69) is 33.9 Å². The highest BCUT2D eigenvalue weighted by Crippen LogP contribution is 2.24. The summed E-state index contributed by atoms with van der Waals surface area (Å²) >= 11 is 0. The first kappa shape index (κ1) is 9.18. The monoisotopic (exact) mass is 145 g/mol. The predicted octanol–water partition coefficient (Wildman–Crippen LogP) is 2.20. The van der Waals surface area contributed by atoms with Gasteiger partial charge in [0.15, 0.2) is 0 Å². The molecule has 0 saturated carbocycles. The first-order chi connectivity index (χ1) is 3.71. The van der Waals surface area contributed by atoms with Gasteiger partial charge in [-0.15, -0.1) is 0 Å². The van der Waals surface area contributed by atoms with Crippen LogP contribution in [0, 0.1) is 5.41 Å². The van der Waals surface area contributed by atoms with Crippen molar-refractivity contribution < 1.29 is 0 Å². The number of rotatable bonds is 1. The van der Waals surface area contributed by atoms with Crippen LogP contribution in [-0.4, -0.2) is 8.24 Å². The highest BCUT2D eigenvalue weighted by Gasteiger charge is 2.22. The Labute approximate surface area is 59.7 Å². The lowest BCUT2D eigenvalue weighted by atomic mass is 10.0. The summed E-state index contributed by atoms with van der Waals surface area (Å²) in [4.78, 5) is 0. The molecule has 2 N–H and O–H groups in total. The Kier molecular flexibility index (Phi) is 2.47. The van der Waals surface area contributed by atoms with Gasteiger partial charge in [0.25, 0.3) is 0 Å². The van der Waals surface area contributed by atoms with E-state index in [4.69, 9.17) is 5.40 Å². The Bertz CT molecular complexity index is 74.1. The summed E-state index contributed by atoms with van der Waals surface area (Å²) in [5, 5.41) is 5.96. The molecular formula is C7H19NSi. The lowest BCUT2D eigenvalue weighted by Crippen LogP contribution is -2.41. The molecule has 0 aromatic rings. The predicted molar refractivity (Wildman–Crippen MR) is 45.9 cm³/mol. The van der Waals surface area contributed by atoms with Crippen molar-refractivity contribution in [2.45, 2.75) is 39.9 Å². The SMILES string of the molecule is CC(C)(C)C[Si](C)(C)N. The molecule has 1 nitrogen and oxygen atoms in total. The quantitative estimate of drug-likeness (QED) is 0.562. The van der Waals surface area contributed by atoms with Crippen molar-refractivity contribution in [1.29, 1.82) is 0 Å². The van der Waals surface area contributed by atoms with Gasteiger partial charge in [-0.3, -0.25) is 0 Å². The second-order valence-corrected chi connectivity index (χ2v) is 9.06. The van der Waals surface area contributed by atoms with Gasteiger partial charge in [0.2, 0.25) is 0 Å². The van der Waals surface area contributed by atoms with E-state index in [-0.39, 0.29) is 0 Å². The summed E-state index contributed by atoms with van der Waals surface area (Å²) in [7, 11) is -1.29. The lowest BCUT2D eigenvalue weighted by Gasteiger charge is -2.26. The zero-order chi connectivity index (χ0) is 7.71. The fraction of sp³-hybridized carbons (Fsp3) is 1.00. The summed E-state index contributed by atoms with van der Waals surface area (Å²) in [6.45, 7) is 11.1. The van der Waals surface area contributed by atoms with Crippen LogP contribution in [0.2, 0.25) is 19.1 Å². The molecule has 56 valence electrons. The van der Waals surface area contributed by atoms with Gasteiger partial charge in [0, 0.05) is 0 Å².